The zero-order valence-electron chi connectivity index (χ0n) is 15.3. The van der Waals surface area contributed by atoms with Crippen LogP contribution in [0.5, 0.6) is 11.5 Å². The highest BCUT2D eigenvalue weighted by Gasteiger charge is 2.20. The summed E-state index contributed by atoms with van der Waals surface area (Å²) in [5, 5.41) is 6.63. The number of likely N-dealkylation sites (N-methyl/N-ethyl adjacent to an activating group) is 1. The number of hydrogen-bond acceptors (Lipinski definition) is 4. The van der Waals surface area contributed by atoms with E-state index in [9.17, 15) is 0 Å². The SMILES string of the molecule is CN=C(NCCN(C)c1ccccc1)NCC1COc2ccccc2O1. The van der Waals surface area contributed by atoms with E-state index in [0.717, 1.165) is 30.5 Å². The van der Waals surface area contributed by atoms with Crippen molar-refractivity contribution in [2.24, 2.45) is 4.99 Å². The average molecular weight is 354 g/mol. The van der Waals surface area contributed by atoms with E-state index in [-0.39, 0.29) is 6.10 Å². The number of fused-ring (bicyclic) bond motifs is 1. The molecule has 26 heavy (non-hydrogen) atoms. The Hall–Kier alpha value is -2.89. The Morgan fingerprint density at radius 1 is 1.08 bits per heavy atom. The second-order valence-electron chi connectivity index (χ2n) is 6.13. The lowest BCUT2D eigenvalue weighted by Crippen LogP contribution is -2.46. The number of hydrogen-bond donors (Lipinski definition) is 2. The average Bonchev–Trinajstić information content (AvgIpc) is 2.71. The summed E-state index contributed by atoms with van der Waals surface area (Å²) in [5.74, 6) is 2.35. The second kappa shape index (κ2) is 8.99. The zero-order chi connectivity index (χ0) is 18.2. The Morgan fingerprint density at radius 3 is 2.58 bits per heavy atom. The Labute approximate surface area is 154 Å². The Morgan fingerprint density at radius 2 is 1.81 bits per heavy atom. The van der Waals surface area contributed by atoms with Gasteiger partial charge in [-0.05, 0) is 24.3 Å². The van der Waals surface area contributed by atoms with Gasteiger partial charge in [0.1, 0.15) is 12.7 Å². The quantitative estimate of drug-likeness (QED) is 0.615. The number of benzene rings is 2. The van der Waals surface area contributed by atoms with E-state index >= 15 is 0 Å². The zero-order valence-corrected chi connectivity index (χ0v) is 15.3. The van der Waals surface area contributed by atoms with Gasteiger partial charge in [0.2, 0.25) is 0 Å². The Kier molecular flexibility index (Phi) is 6.19. The normalized spacial score (nSPS) is 16.1. The van der Waals surface area contributed by atoms with Crippen molar-refractivity contribution in [3.63, 3.8) is 0 Å². The molecule has 0 bridgehead atoms. The lowest BCUT2D eigenvalue weighted by Gasteiger charge is -2.27. The monoisotopic (exact) mass is 354 g/mol. The van der Waals surface area contributed by atoms with Crippen LogP contribution in [0, 0.1) is 0 Å². The number of guanidine groups is 1. The summed E-state index contributed by atoms with van der Waals surface area (Å²) in [7, 11) is 3.85. The molecule has 2 aromatic rings. The minimum atomic E-state index is -0.0459. The molecule has 3 rings (SSSR count). The molecule has 2 aromatic carbocycles. The molecular weight excluding hydrogens is 328 g/mol. The molecule has 1 atom stereocenters. The number of para-hydroxylation sites is 3. The molecule has 0 aromatic heterocycles. The van der Waals surface area contributed by atoms with Crippen LogP contribution in [0.25, 0.3) is 0 Å². The van der Waals surface area contributed by atoms with Crippen LogP contribution < -0.4 is 25.0 Å². The molecule has 0 saturated carbocycles. The standard InChI is InChI=1S/C20H26N4O2/c1-21-20(22-12-13-24(2)16-8-4-3-5-9-16)23-14-17-15-25-18-10-6-7-11-19(18)26-17/h3-11,17H,12-15H2,1-2H3,(H2,21,22,23). The van der Waals surface area contributed by atoms with Crippen molar-refractivity contribution in [2.75, 3.05) is 45.2 Å². The van der Waals surface area contributed by atoms with Crippen LogP contribution in [0.2, 0.25) is 0 Å². The van der Waals surface area contributed by atoms with E-state index in [0.29, 0.717) is 13.2 Å². The number of nitrogens with one attached hydrogen (secondary N) is 2. The topological polar surface area (TPSA) is 58.1 Å². The molecule has 1 aliphatic heterocycles. The summed E-state index contributed by atoms with van der Waals surface area (Å²) in [5.41, 5.74) is 1.20. The number of anilines is 1. The molecule has 0 spiro atoms. The van der Waals surface area contributed by atoms with Crippen LogP contribution in [0.15, 0.2) is 59.6 Å². The maximum atomic E-state index is 5.95. The highest BCUT2D eigenvalue weighted by Crippen LogP contribution is 2.30. The molecule has 0 radical (unpaired) electrons. The van der Waals surface area contributed by atoms with Gasteiger partial charge in [-0.3, -0.25) is 4.99 Å². The van der Waals surface area contributed by atoms with Crippen molar-refractivity contribution in [1.82, 2.24) is 10.6 Å². The fourth-order valence-electron chi connectivity index (χ4n) is 2.75. The van der Waals surface area contributed by atoms with Crippen molar-refractivity contribution in [1.29, 1.82) is 0 Å². The van der Waals surface area contributed by atoms with E-state index in [1.807, 2.05) is 42.5 Å². The van der Waals surface area contributed by atoms with E-state index in [1.54, 1.807) is 7.05 Å². The molecule has 1 aliphatic rings. The Bertz CT molecular complexity index is 721. The first-order valence-corrected chi connectivity index (χ1v) is 8.85. The summed E-state index contributed by atoms with van der Waals surface area (Å²) in [6.07, 6.45) is -0.0459. The lowest BCUT2D eigenvalue weighted by atomic mass is 10.2. The van der Waals surface area contributed by atoms with E-state index in [4.69, 9.17) is 9.47 Å². The van der Waals surface area contributed by atoms with Crippen LogP contribution >= 0.6 is 0 Å². The fourth-order valence-corrected chi connectivity index (χ4v) is 2.75. The first-order valence-electron chi connectivity index (χ1n) is 8.85. The number of rotatable bonds is 6. The number of ether oxygens (including phenoxy) is 2. The molecule has 6 heteroatoms. The highest BCUT2D eigenvalue weighted by atomic mass is 16.6. The van der Waals surface area contributed by atoms with Crippen molar-refractivity contribution in [3.05, 3.63) is 54.6 Å². The lowest BCUT2D eigenvalue weighted by molar-refractivity contribution is 0.0936. The van der Waals surface area contributed by atoms with Gasteiger partial charge < -0.3 is 25.0 Å². The smallest absolute Gasteiger partial charge is 0.191 e. The molecule has 6 nitrogen and oxygen atoms in total. The Balaban J connectivity index is 1.40. The van der Waals surface area contributed by atoms with Gasteiger partial charge in [-0.2, -0.15) is 0 Å². The maximum Gasteiger partial charge on any atom is 0.191 e. The molecule has 0 fully saturated rings. The molecule has 138 valence electrons. The maximum absolute atomic E-state index is 5.95. The first-order chi connectivity index (χ1) is 12.8. The predicted octanol–water partition coefficient (Wildman–Crippen LogP) is 2.13. The molecule has 1 unspecified atom stereocenters. The van der Waals surface area contributed by atoms with Gasteiger partial charge in [-0.25, -0.2) is 0 Å². The molecule has 0 saturated heterocycles. The van der Waals surface area contributed by atoms with Crippen LogP contribution in [0.3, 0.4) is 0 Å². The summed E-state index contributed by atoms with van der Waals surface area (Å²) >= 11 is 0. The molecule has 1 heterocycles. The summed E-state index contributed by atoms with van der Waals surface area (Å²) in [6, 6.07) is 18.1. The summed E-state index contributed by atoms with van der Waals surface area (Å²) < 4.78 is 11.7. The van der Waals surface area contributed by atoms with Gasteiger partial charge in [0.25, 0.3) is 0 Å². The second-order valence-corrected chi connectivity index (χ2v) is 6.13. The third kappa shape index (κ3) is 4.81. The molecule has 0 aliphatic carbocycles. The minimum Gasteiger partial charge on any atom is -0.486 e. The van der Waals surface area contributed by atoms with Gasteiger partial charge in [0, 0.05) is 32.9 Å². The largest absolute Gasteiger partial charge is 0.486 e. The molecular formula is C20H26N4O2. The fraction of sp³-hybridized carbons (Fsp3) is 0.350. The minimum absolute atomic E-state index is 0.0459. The first kappa shape index (κ1) is 17.9. The number of nitrogens with zero attached hydrogens (tertiary/aromatic N) is 2. The van der Waals surface area contributed by atoms with E-state index in [1.165, 1.54) is 5.69 Å². The van der Waals surface area contributed by atoms with Crippen molar-refractivity contribution in [3.8, 4) is 11.5 Å². The van der Waals surface area contributed by atoms with E-state index in [2.05, 4.69) is 39.7 Å². The molecule has 0 amide bonds. The van der Waals surface area contributed by atoms with Crippen LogP contribution in [0.4, 0.5) is 5.69 Å². The van der Waals surface area contributed by atoms with Crippen molar-refractivity contribution in [2.45, 2.75) is 6.10 Å². The third-order valence-corrected chi connectivity index (χ3v) is 4.22. The summed E-state index contributed by atoms with van der Waals surface area (Å²) in [6.45, 7) is 2.82. The number of aliphatic imine (C=N–C) groups is 1. The van der Waals surface area contributed by atoms with Gasteiger partial charge in [-0.1, -0.05) is 30.3 Å². The van der Waals surface area contributed by atoms with Gasteiger partial charge in [0.15, 0.2) is 17.5 Å². The van der Waals surface area contributed by atoms with Crippen LogP contribution in [-0.2, 0) is 0 Å². The summed E-state index contributed by atoms with van der Waals surface area (Å²) in [4.78, 5) is 6.47. The van der Waals surface area contributed by atoms with Gasteiger partial charge in [-0.15, -0.1) is 0 Å². The van der Waals surface area contributed by atoms with Crippen molar-refractivity contribution < 1.29 is 9.47 Å². The van der Waals surface area contributed by atoms with Crippen LogP contribution in [0.1, 0.15) is 0 Å². The van der Waals surface area contributed by atoms with Gasteiger partial charge in [0.05, 0.1) is 6.54 Å². The van der Waals surface area contributed by atoms with Gasteiger partial charge >= 0.3 is 0 Å². The highest BCUT2D eigenvalue weighted by molar-refractivity contribution is 5.79. The van der Waals surface area contributed by atoms with Crippen molar-refractivity contribution >= 4 is 11.6 Å². The third-order valence-electron chi connectivity index (χ3n) is 4.22. The van der Waals surface area contributed by atoms with E-state index < -0.39 is 0 Å². The predicted molar refractivity (Wildman–Crippen MR) is 105 cm³/mol. The van der Waals surface area contributed by atoms with Crippen LogP contribution in [-0.4, -0.2) is 52.4 Å². The molecule has 2 N–H and O–H groups in total.